The number of rotatable bonds is 0. The Balaban J connectivity index is -0.00000000750. The summed E-state index contributed by atoms with van der Waals surface area (Å²) in [6.45, 7) is 0. The van der Waals surface area contributed by atoms with Crippen molar-refractivity contribution in [1.29, 1.82) is 0 Å². The van der Waals surface area contributed by atoms with Gasteiger partial charge in [-0.15, -0.1) is 0 Å². The molecule has 6 heteroatoms. The number of hydrogen-bond donors (Lipinski definition) is 0. The van der Waals surface area contributed by atoms with Crippen molar-refractivity contribution in [3.05, 3.63) is 0 Å². The predicted molar refractivity (Wildman–Crippen MR) is 17.1 cm³/mol. The van der Waals surface area contributed by atoms with Crippen LogP contribution in [0.15, 0.2) is 0 Å². The van der Waals surface area contributed by atoms with Crippen LogP contribution in [0.4, 0.5) is 10.6 Å². The van der Waals surface area contributed by atoms with E-state index in [0.29, 0.717) is 0 Å². The molecule has 0 aromatic heterocycles. The SMILES string of the molecule is [F][Al]([F])[F].[H-].[H-].[Sr+2].[Zn]. The molecule has 0 bridgehead atoms. The number of hydrogen-bond acceptors (Lipinski definition) is 0. The predicted octanol–water partition coefficient (Wildman–Crippen LogP) is 0.722. The summed E-state index contributed by atoms with van der Waals surface area (Å²) < 4.78 is 29.4. The van der Waals surface area contributed by atoms with E-state index in [2.05, 4.69) is 0 Å². The first-order chi connectivity index (χ1) is 1.73. The summed E-state index contributed by atoms with van der Waals surface area (Å²) in [6.07, 6.45) is 0. The topological polar surface area (TPSA) is 0 Å². The average Bonchev–Trinajstić information content (AvgIpc) is 0.811. The molecule has 0 nitrogen and oxygen atoms in total. The Bertz CT molecular complexity index is 22.0. The van der Waals surface area contributed by atoms with E-state index in [0.717, 1.165) is 0 Å². The molecule has 0 aromatic carbocycles. The summed E-state index contributed by atoms with van der Waals surface area (Å²) in [6, 6.07) is 0. The van der Waals surface area contributed by atoms with Crippen molar-refractivity contribution in [2.45, 2.75) is 0 Å². The third-order valence-corrected chi connectivity index (χ3v) is 0. The zero-order valence-electron chi connectivity index (χ0n) is 5.13. The summed E-state index contributed by atoms with van der Waals surface area (Å²) in [5, 5.41) is 0. The van der Waals surface area contributed by atoms with Crippen LogP contribution < -0.4 is 0 Å². The third kappa shape index (κ3) is 32.1. The Labute approximate surface area is 92.3 Å². The molecule has 0 saturated heterocycles. The first kappa shape index (κ1) is 15.8. The van der Waals surface area contributed by atoms with E-state index in [4.69, 9.17) is 0 Å². The van der Waals surface area contributed by atoms with Gasteiger partial charge in [-0.25, -0.2) is 0 Å². The van der Waals surface area contributed by atoms with Crippen LogP contribution in [0.25, 0.3) is 0 Å². The molecule has 30 valence electrons. The van der Waals surface area contributed by atoms with E-state index >= 15 is 0 Å². The summed E-state index contributed by atoms with van der Waals surface area (Å²) in [4.78, 5) is 0. The van der Waals surface area contributed by atoms with Gasteiger partial charge in [0.05, 0.1) is 0 Å². The van der Waals surface area contributed by atoms with E-state index in [1.807, 2.05) is 0 Å². The molecule has 0 aliphatic heterocycles. The van der Waals surface area contributed by atoms with Crippen LogP contribution in [0, 0.1) is 0 Å². The normalized spacial score (nSPS) is 4.50. The molecule has 0 amide bonds. The first-order valence-corrected chi connectivity index (χ1v) is 1.96. The summed E-state index contributed by atoms with van der Waals surface area (Å²) >= 11 is -4.64. The van der Waals surface area contributed by atoms with Gasteiger partial charge in [0.1, 0.15) is 0 Å². The van der Waals surface area contributed by atoms with Gasteiger partial charge in [0.15, 0.2) is 0 Å². The molecular weight excluding hydrogens is 237 g/mol. The Morgan fingerprint density at radius 2 is 1.17 bits per heavy atom. The Morgan fingerprint density at radius 1 is 1.17 bits per heavy atom. The average molecular weight is 239 g/mol. The summed E-state index contributed by atoms with van der Waals surface area (Å²) in [5.74, 6) is 0. The monoisotopic (exact) mass is 238 g/mol. The molecule has 0 heterocycles. The minimum absolute atomic E-state index is 0. The Hall–Kier alpha value is 2.43. The minimum Gasteiger partial charge on any atom is -1.00 e. The standard InChI is InChI=1S/Al.3FH.Sr.Zn.2H/h;3*1H;;;;/q+3;;;;+2;;2*-1/p-3. The molecule has 0 rings (SSSR count). The van der Waals surface area contributed by atoms with E-state index in [1.165, 1.54) is 0 Å². The summed E-state index contributed by atoms with van der Waals surface area (Å²) in [5.41, 5.74) is 0. The molecule has 6 heavy (non-hydrogen) atoms. The fourth-order valence-corrected chi connectivity index (χ4v) is 0. The zero-order chi connectivity index (χ0) is 3.58. The quantitative estimate of drug-likeness (QED) is 0.546. The van der Waals surface area contributed by atoms with Gasteiger partial charge in [-0.2, -0.15) is 0 Å². The molecule has 0 aromatic rings. The van der Waals surface area contributed by atoms with Crippen molar-refractivity contribution in [3.63, 3.8) is 0 Å². The first-order valence-electron chi connectivity index (χ1n) is 0.655. The van der Waals surface area contributed by atoms with E-state index in [9.17, 15) is 10.6 Å². The van der Waals surface area contributed by atoms with Crippen molar-refractivity contribution < 1.29 is 32.9 Å². The second-order valence-electron chi connectivity index (χ2n) is 0.247. The van der Waals surface area contributed by atoms with Crippen LogP contribution in [0.5, 0.6) is 0 Å². The molecule has 0 fully saturated rings. The molecule has 0 unspecified atom stereocenters. The van der Waals surface area contributed by atoms with Crippen LogP contribution >= 0.6 is 0 Å². The maximum atomic E-state index is 9.81. The largest absolute Gasteiger partial charge is 2.00 e. The molecular formula is H2AlF3SrZn. The van der Waals surface area contributed by atoms with Gasteiger partial charge < -0.3 is 13.4 Å². The second-order valence-corrected chi connectivity index (χ2v) is 0.742. The molecule has 0 aliphatic carbocycles. The molecule has 0 radical (unpaired) electrons. The summed E-state index contributed by atoms with van der Waals surface area (Å²) in [7, 11) is 0. The molecule has 0 spiro atoms. The second kappa shape index (κ2) is 10.4. The van der Waals surface area contributed by atoms with E-state index in [-0.39, 0.29) is 67.8 Å². The van der Waals surface area contributed by atoms with Crippen LogP contribution in [-0.2, 0) is 19.5 Å². The maximum absolute atomic E-state index is 9.81. The smallest absolute Gasteiger partial charge is 1.00 e. The molecule has 0 atom stereocenters. The third-order valence-electron chi connectivity index (χ3n) is 0. The van der Waals surface area contributed by atoms with Gasteiger partial charge >= 0.3 is 61.0 Å². The van der Waals surface area contributed by atoms with Crippen LogP contribution in [0.3, 0.4) is 0 Å². The van der Waals surface area contributed by atoms with E-state index in [1.54, 1.807) is 0 Å². The minimum atomic E-state index is -4.64. The fourth-order valence-electron chi connectivity index (χ4n) is 0. The van der Waals surface area contributed by atoms with Crippen molar-refractivity contribution in [1.82, 2.24) is 0 Å². The van der Waals surface area contributed by atoms with Gasteiger partial charge in [0.25, 0.3) is 0 Å². The van der Waals surface area contributed by atoms with Gasteiger partial charge in [-0.3, -0.25) is 0 Å². The Kier molecular flexibility index (Phi) is 27.4. The van der Waals surface area contributed by atoms with Gasteiger partial charge in [-0.1, -0.05) is 0 Å². The number of halogens is 3. The van der Waals surface area contributed by atoms with Crippen molar-refractivity contribution >= 4 is 61.0 Å². The van der Waals surface area contributed by atoms with Crippen molar-refractivity contribution in [2.75, 3.05) is 0 Å². The van der Waals surface area contributed by atoms with Crippen LogP contribution in [-0.4, -0.2) is 61.0 Å². The maximum Gasteiger partial charge on any atom is 2.00 e. The van der Waals surface area contributed by atoms with Gasteiger partial charge in [0, 0.05) is 19.5 Å². The van der Waals surface area contributed by atoms with Gasteiger partial charge in [0.2, 0.25) is 0 Å². The molecule has 0 N–H and O–H groups in total. The van der Waals surface area contributed by atoms with Crippen LogP contribution in [0.2, 0.25) is 0 Å². The molecule has 0 saturated carbocycles. The zero-order valence-corrected chi connectivity index (χ0v) is 10.7. The van der Waals surface area contributed by atoms with Crippen molar-refractivity contribution in [3.8, 4) is 0 Å². The van der Waals surface area contributed by atoms with E-state index < -0.39 is 15.5 Å². The fraction of sp³-hybridized carbons (Fsp3) is 0. The Morgan fingerprint density at radius 3 is 1.17 bits per heavy atom. The van der Waals surface area contributed by atoms with Crippen LogP contribution in [0.1, 0.15) is 2.85 Å². The van der Waals surface area contributed by atoms with Crippen molar-refractivity contribution in [2.24, 2.45) is 0 Å². The molecule has 0 aliphatic rings. The van der Waals surface area contributed by atoms with Gasteiger partial charge in [-0.05, 0) is 0 Å².